The van der Waals surface area contributed by atoms with Gasteiger partial charge in [0.15, 0.2) is 0 Å². The molecule has 1 aromatic carbocycles. The first-order chi connectivity index (χ1) is 9.84. The number of carbonyl (C=O) groups excluding carboxylic acids is 1. The first-order valence-corrected chi connectivity index (χ1v) is 8.10. The molecule has 0 aliphatic carbocycles. The quantitative estimate of drug-likeness (QED) is 0.663. The standard InChI is InChI=1S/C13H18N2O5S/c1-2-8-21(19,20)15-11-5-3-4-10(9-11)13(18)14-7-6-12(16)17/h3-5,9,15H,2,6-8H2,1H3,(H,14,18)(H,16,17). The number of aliphatic carboxylic acids is 1. The maximum atomic E-state index is 11.8. The van der Waals surface area contributed by atoms with E-state index >= 15 is 0 Å². The second-order valence-electron chi connectivity index (χ2n) is 4.40. The molecule has 0 saturated heterocycles. The van der Waals surface area contributed by atoms with Crippen LogP contribution in [0.5, 0.6) is 0 Å². The zero-order valence-corrected chi connectivity index (χ0v) is 12.4. The van der Waals surface area contributed by atoms with E-state index in [2.05, 4.69) is 10.0 Å². The van der Waals surface area contributed by atoms with Gasteiger partial charge in [0, 0.05) is 17.8 Å². The van der Waals surface area contributed by atoms with Gasteiger partial charge in [0.2, 0.25) is 10.0 Å². The second-order valence-corrected chi connectivity index (χ2v) is 6.24. The van der Waals surface area contributed by atoms with Crippen molar-refractivity contribution in [2.45, 2.75) is 19.8 Å². The zero-order chi connectivity index (χ0) is 15.9. The van der Waals surface area contributed by atoms with Gasteiger partial charge in [-0.3, -0.25) is 14.3 Å². The molecular weight excluding hydrogens is 296 g/mol. The van der Waals surface area contributed by atoms with E-state index in [0.29, 0.717) is 12.1 Å². The molecule has 1 amide bonds. The molecule has 0 saturated carbocycles. The maximum absolute atomic E-state index is 11.8. The lowest BCUT2D eigenvalue weighted by atomic mass is 10.2. The zero-order valence-electron chi connectivity index (χ0n) is 11.6. The Morgan fingerprint density at radius 2 is 2.00 bits per heavy atom. The third-order valence-electron chi connectivity index (χ3n) is 2.50. The number of nitrogens with one attached hydrogen (secondary N) is 2. The van der Waals surface area contributed by atoms with Crippen molar-refractivity contribution < 1.29 is 23.1 Å². The van der Waals surface area contributed by atoms with Crippen LogP contribution in [0.4, 0.5) is 5.69 Å². The summed E-state index contributed by atoms with van der Waals surface area (Å²) in [6.45, 7) is 1.77. The van der Waals surface area contributed by atoms with Crippen LogP contribution in [0.2, 0.25) is 0 Å². The molecular formula is C13H18N2O5S. The number of hydrogen-bond acceptors (Lipinski definition) is 4. The van der Waals surface area contributed by atoms with E-state index in [4.69, 9.17) is 5.11 Å². The van der Waals surface area contributed by atoms with Crippen molar-refractivity contribution in [1.29, 1.82) is 0 Å². The van der Waals surface area contributed by atoms with Crippen molar-refractivity contribution >= 4 is 27.6 Å². The molecule has 0 heterocycles. The molecule has 7 nitrogen and oxygen atoms in total. The molecule has 0 aromatic heterocycles. The summed E-state index contributed by atoms with van der Waals surface area (Å²) in [6, 6.07) is 6.02. The van der Waals surface area contributed by atoms with Gasteiger partial charge in [-0.1, -0.05) is 13.0 Å². The van der Waals surface area contributed by atoms with Crippen LogP contribution in [0.15, 0.2) is 24.3 Å². The van der Waals surface area contributed by atoms with Gasteiger partial charge in [0.1, 0.15) is 0 Å². The number of carbonyl (C=O) groups is 2. The van der Waals surface area contributed by atoms with E-state index < -0.39 is 21.9 Å². The lowest BCUT2D eigenvalue weighted by Crippen LogP contribution is -2.26. The molecule has 0 bridgehead atoms. The molecule has 116 valence electrons. The molecule has 21 heavy (non-hydrogen) atoms. The van der Waals surface area contributed by atoms with Crippen LogP contribution in [0.1, 0.15) is 30.1 Å². The van der Waals surface area contributed by atoms with Gasteiger partial charge in [-0.2, -0.15) is 0 Å². The Morgan fingerprint density at radius 3 is 2.62 bits per heavy atom. The molecule has 1 aromatic rings. The largest absolute Gasteiger partial charge is 0.481 e. The van der Waals surface area contributed by atoms with Crippen molar-refractivity contribution in [3.63, 3.8) is 0 Å². The Balaban J connectivity index is 2.72. The van der Waals surface area contributed by atoms with Gasteiger partial charge >= 0.3 is 5.97 Å². The average Bonchev–Trinajstić information content (AvgIpc) is 2.37. The Bertz CT molecular complexity index is 613. The molecule has 0 aliphatic rings. The molecule has 0 atom stereocenters. The highest BCUT2D eigenvalue weighted by molar-refractivity contribution is 7.92. The van der Waals surface area contributed by atoms with Gasteiger partial charge in [-0.25, -0.2) is 8.42 Å². The Hall–Kier alpha value is -2.09. The molecule has 8 heteroatoms. The topological polar surface area (TPSA) is 113 Å². The maximum Gasteiger partial charge on any atom is 0.305 e. The highest BCUT2D eigenvalue weighted by Gasteiger charge is 2.11. The fraction of sp³-hybridized carbons (Fsp3) is 0.385. The first-order valence-electron chi connectivity index (χ1n) is 6.44. The predicted molar refractivity (Wildman–Crippen MR) is 78.7 cm³/mol. The summed E-state index contributed by atoms with van der Waals surface area (Å²) in [5, 5.41) is 10.9. The number of rotatable bonds is 8. The number of sulfonamides is 1. The van der Waals surface area contributed by atoms with Gasteiger partial charge in [0.25, 0.3) is 5.91 Å². The first kappa shape index (κ1) is 17.0. The molecule has 0 aliphatic heterocycles. The summed E-state index contributed by atoms with van der Waals surface area (Å²) in [4.78, 5) is 22.2. The highest BCUT2D eigenvalue weighted by Crippen LogP contribution is 2.13. The van der Waals surface area contributed by atoms with Crippen LogP contribution in [0.25, 0.3) is 0 Å². The van der Waals surface area contributed by atoms with Gasteiger partial charge in [0.05, 0.1) is 12.2 Å². The van der Waals surface area contributed by atoms with Crippen molar-refractivity contribution in [2.24, 2.45) is 0 Å². The van der Waals surface area contributed by atoms with Crippen LogP contribution in [0.3, 0.4) is 0 Å². The van der Waals surface area contributed by atoms with E-state index in [1.54, 1.807) is 19.1 Å². The minimum atomic E-state index is -3.41. The Kier molecular flexibility index (Phi) is 6.16. The van der Waals surface area contributed by atoms with Crippen LogP contribution >= 0.6 is 0 Å². The van der Waals surface area contributed by atoms with E-state index in [0.717, 1.165) is 0 Å². The van der Waals surface area contributed by atoms with Crippen LogP contribution < -0.4 is 10.0 Å². The van der Waals surface area contributed by atoms with Crippen LogP contribution in [-0.2, 0) is 14.8 Å². The lowest BCUT2D eigenvalue weighted by Gasteiger charge is -2.09. The van der Waals surface area contributed by atoms with Gasteiger partial charge in [-0.05, 0) is 24.6 Å². The number of carboxylic acid groups (broad SMARTS) is 1. The second kappa shape index (κ2) is 7.63. The van der Waals surface area contributed by atoms with Crippen molar-refractivity contribution in [2.75, 3.05) is 17.0 Å². The summed E-state index contributed by atoms with van der Waals surface area (Å²) >= 11 is 0. The fourth-order valence-corrected chi connectivity index (χ4v) is 2.73. The normalized spacial score (nSPS) is 10.9. The SMILES string of the molecule is CCCS(=O)(=O)Nc1cccc(C(=O)NCCC(=O)O)c1. The summed E-state index contributed by atoms with van der Waals surface area (Å²) in [7, 11) is -3.41. The highest BCUT2D eigenvalue weighted by atomic mass is 32.2. The van der Waals surface area contributed by atoms with Crippen molar-refractivity contribution in [1.82, 2.24) is 5.32 Å². The predicted octanol–water partition coefficient (Wildman–Crippen LogP) is 1.04. The third-order valence-corrected chi connectivity index (χ3v) is 3.99. The monoisotopic (exact) mass is 314 g/mol. The minimum absolute atomic E-state index is 0.00202. The van der Waals surface area contributed by atoms with Crippen molar-refractivity contribution in [3.05, 3.63) is 29.8 Å². The summed E-state index contributed by atoms with van der Waals surface area (Å²) in [5.41, 5.74) is 0.562. The number of carboxylic acids is 1. The summed E-state index contributed by atoms with van der Waals surface area (Å²) in [6.07, 6.45) is 0.319. The van der Waals surface area contributed by atoms with Crippen LogP contribution in [0, 0.1) is 0 Å². The van der Waals surface area contributed by atoms with E-state index in [-0.39, 0.29) is 24.3 Å². The molecule has 3 N–H and O–H groups in total. The Morgan fingerprint density at radius 1 is 1.29 bits per heavy atom. The number of benzene rings is 1. The minimum Gasteiger partial charge on any atom is -0.481 e. The van der Waals surface area contributed by atoms with Crippen molar-refractivity contribution in [3.8, 4) is 0 Å². The Labute approximate surface area is 123 Å². The summed E-state index contributed by atoms with van der Waals surface area (Å²) < 4.78 is 25.7. The number of anilines is 1. The van der Waals surface area contributed by atoms with E-state index in [1.807, 2.05) is 0 Å². The summed E-state index contributed by atoms with van der Waals surface area (Å²) in [5.74, 6) is -1.45. The average molecular weight is 314 g/mol. The lowest BCUT2D eigenvalue weighted by molar-refractivity contribution is -0.136. The number of amides is 1. The van der Waals surface area contributed by atoms with Gasteiger partial charge in [-0.15, -0.1) is 0 Å². The smallest absolute Gasteiger partial charge is 0.305 e. The van der Waals surface area contributed by atoms with Gasteiger partial charge < -0.3 is 10.4 Å². The molecule has 0 fully saturated rings. The molecule has 0 spiro atoms. The third kappa shape index (κ3) is 6.26. The van der Waals surface area contributed by atoms with E-state index in [9.17, 15) is 18.0 Å². The fourth-order valence-electron chi connectivity index (χ4n) is 1.61. The van der Waals surface area contributed by atoms with Crippen LogP contribution in [-0.4, -0.2) is 37.7 Å². The number of hydrogen-bond donors (Lipinski definition) is 3. The van der Waals surface area contributed by atoms with E-state index in [1.165, 1.54) is 12.1 Å². The molecule has 0 radical (unpaired) electrons. The molecule has 1 rings (SSSR count). The molecule has 0 unspecified atom stereocenters.